The van der Waals surface area contributed by atoms with Crippen LogP contribution < -0.4 is 0 Å². The Morgan fingerprint density at radius 2 is 1.77 bits per heavy atom. The van der Waals surface area contributed by atoms with Gasteiger partial charge >= 0.3 is 0 Å². The first-order chi connectivity index (χ1) is 10.6. The second kappa shape index (κ2) is 6.73. The smallest absolute Gasteiger partial charge is 0.193 e. The third-order valence-electron chi connectivity index (χ3n) is 3.21. The maximum absolute atomic E-state index is 12.2. The van der Waals surface area contributed by atoms with Gasteiger partial charge in [-0.15, -0.1) is 22.7 Å². The maximum Gasteiger partial charge on any atom is 0.193 e. The van der Waals surface area contributed by atoms with Crippen molar-refractivity contribution in [1.29, 1.82) is 0 Å². The Kier molecular flexibility index (Phi) is 4.71. The van der Waals surface area contributed by atoms with Crippen LogP contribution in [0.15, 0.2) is 57.4 Å². The van der Waals surface area contributed by atoms with Crippen molar-refractivity contribution < 1.29 is 8.42 Å². The molecule has 0 atom stereocenters. The lowest BCUT2D eigenvalue weighted by molar-refractivity contribution is 0.596. The average molecular weight is 350 g/mol. The summed E-state index contributed by atoms with van der Waals surface area (Å²) in [5, 5.41) is 4.62. The van der Waals surface area contributed by atoms with Crippen LogP contribution in [0.5, 0.6) is 0 Å². The monoisotopic (exact) mass is 349 g/mol. The molecule has 0 fully saturated rings. The van der Waals surface area contributed by atoms with Crippen molar-refractivity contribution in [3.8, 4) is 0 Å². The van der Waals surface area contributed by atoms with Crippen molar-refractivity contribution in [1.82, 2.24) is 4.98 Å². The fourth-order valence-electron chi connectivity index (χ4n) is 2.13. The van der Waals surface area contributed by atoms with Crippen molar-refractivity contribution in [2.24, 2.45) is 0 Å². The molecule has 0 aliphatic rings. The van der Waals surface area contributed by atoms with Crippen LogP contribution in [0.25, 0.3) is 0 Å². The molecule has 0 spiro atoms. The van der Waals surface area contributed by atoms with Crippen molar-refractivity contribution in [2.75, 3.05) is 0 Å². The number of hydrogen-bond acceptors (Lipinski definition) is 5. The van der Waals surface area contributed by atoms with E-state index in [2.05, 4.69) is 17.1 Å². The normalized spacial score (nSPS) is 11.6. The molecule has 2 aromatic heterocycles. The lowest BCUT2D eigenvalue weighted by atomic mass is 10.1. The van der Waals surface area contributed by atoms with Crippen LogP contribution in [0.3, 0.4) is 0 Å². The average Bonchev–Trinajstić information content (AvgIpc) is 3.17. The summed E-state index contributed by atoms with van der Waals surface area (Å²) in [4.78, 5) is 4.46. The summed E-state index contributed by atoms with van der Waals surface area (Å²) >= 11 is 2.79. The summed E-state index contributed by atoms with van der Waals surface area (Å²) in [6, 6.07) is 13.6. The van der Waals surface area contributed by atoms with Gasteiger partial charge in [-0.05, 0) is 23.4 Å². The molecule has 2 heterocycles. The maximum atomic E-state index is 12.2. The van der Waals surface area contributed by atoms with E-state index >= 15 is 0 Å². The Labute approximate surface area is 138 Å². The van der Waals surface area contributed by atoms with Gasteiger partial charge in [0.1, 0.15) is 4.21 Å². The van der Waals surface area contributed by atoms with E-state index in [1.54, 1.807) is 17.5 Å². The van der Waals surface area contributed by atoms with Crippen molar-refractivity contribution in [3.63, 3.8) is 0 Å². The van der Waals surface area contributed by atoms with Crippen LogP contribution >= 0.6 is 22.7 Å². The van der Waals surface area contributed by atoms with Gasteiger partial charge in [0.05, 0.1) is 16.5 Å². The molecule has 6 heteroatoms. The number of rotatable bonds is 6. The Balaban J connectivity index is 1.64. The van der Waals surface area contributed by atoms with Gasteiger partial charge in [-0.1, -0.05) is 36.4 Å². The van der Waals surface area contributed by atoms with Gasteiger partial charge in [0, 0.05) is 11.8 Å². The summed E-state index contributed by atoms with van der Waals surface area (Å²) in [6.45, 7) is 0. The van der Waals surface area contributed by atoms with Crippen LogP contribution in [0.1, 0.15) is 16.3 Å². The van der Waals surface area contributed by atoms with E-state index < -0.39 is 9.84 Å². The van der Waals surface area contributed by atoms with Crippen LogP contribution in [0, 0.1) is 0 Å². The summed E-state index contributed by atoms with van der Waals surface area (Å²) in [7, 11) is -3.26. The molecule has 3 aromatic rings. The van der Waals surface area contributed by atoms with Gasteiger partial charge < -0.3 is 0 Å². The zero-order chi connectivity index (χ0) is 15.4. The molecule has 0 aliphatic carbocycles. The van der Waals surface area contributed by atoms with Crippen LogP contribution in [0.2, 0.25) is 0 Å². The number of thiazole rings is 1. The molecule has 0 aliphatic heterocycles. The molecule has 22 heavy (non-hydrogen) atoms. The zero-order valence-corrected chi connectivity index (χ0v) is 14.3. The van der Waals surface area contributed by atoms with Gasteiger partial charge in [-0.25, -0.2) is 13.4 Å². The van der Waals surface area contributed by atoms with E-state index in [1.807, 2.05) is 23.6 Å². The number of thiophene rings is 1. The molecular formula is C16H15NO2S3. The van der Waals surface area contributed by atoms with E-state index in [-0.39, 0.29) is 5.75 Å². The lowest BCUT2D eigenvalue weighted by Crippen LogP contribution is -2.03. The predicted octanol–water partition coefficient (Wildman–Crippen LogP) is 3.96. The fourth-order valence-corrected chi connectivity index (χ4v) is 5.38. The molecule has 3 nitrogen and oxygen atoms in total. The summed E-state index contributed by atoms with van der Waals surface area (Å²) < 4.78 is 24.9. The number of benzene rings is 1. The lowest BCUT2D eigenvalue weighted by Gasteiger charge is -1.99. The van der Waals surface area contributed by atoms with E-state index in [1.165, 1.54) is 28.2 Å². The molecule has 1 aromatic carbocycles. The molecule has 0 saturated carbocycles. The molecule has 0 unspecified atom stereocenters. The van der Waals surface area contributed by atoms with Crippen molar-refractivity contribution >= 4 is 32.5 Å². The standard InChI is InChI=1S/C16H15NO2S3/c18-22(19,16-7-4-10-20-16)12-14-11-21-15(17-14)9-8-13-5-2-1-3-6-13/h1-7,10-11H,8-9,12H2. The van der Waals surface area contributed by atoms with Gasteiger partial charge in [0.25, 0.3) is 0 Å². The second-order valence-electron chi connectivity index (χ2n) is 4.91. The fraction of sp³-hybridized carbons (Fsp3) is 0.188. The summed E-state index contributed by atoms with van der Waals surface area (Å²) in [5.74, 6) is -0.0185. The quantitative estimate of drug-likeness (QED) is 0.677. The van der Waals surface area contributed by atoms with Gasteiger partial charge in [0.15, 0.2) is 9.84 Å². The van der Waals surface area contributed by atoms with Gasteiger partial charge in [0.2, 0.25) is 0 Å². The minimum Gasteiger partial charge on any atom is -0.245 e. The van der Waals surface area contributed by atoms with E-state index in [0.29, 0.717) is 9.90 Å². The van der Waals surface area contributed by atoms with E-state index in [9.17, 15) is 8.42 Å². The van der Waals surface area contributed by atoms with Crippen molar-refractivity contribution in [3.05, 3.63) is 69.5 Å². The van der Waals surface area contributed by atoms with E-state index in [4.69, 9.17) is 0 Å². The first-order valence-corrected chi connectivity index (χ1v) is 10.3. The van der Waals surface area contributed by atoms with Crippen LogP contribution in [-0.4, -0.2) is 13.4 Å². The second-order valence-corrected chi connectivity index (χ2v) is 9.02. The topological polar surface area (TPSA) is 47.0 Å². The molecule has 0 saturated heterocycles. The summed E-state index contributed by atoms with van der Waals surface area (Å²) in [6.07, 6.45) is 1.76. The zero-order valence-electron chi connectivity index (χ0n) is 11.8. The number of aryl methyl sites for hydroxylation is 2. The molecule has 3 rings (SSSR count). The van der Waals surface area contributed by atoms with E-state index in [0.717, 1.165) is 17.8 Å². The Hall–Kier alpha value is -1.50. The highest BCUT2D eigenvalue weighted by atomic mass is 32.2. The molecule has 0 amide bonds. The van der Waals surface area contributed by atoms with Crippen LogP contribution in [-0.2, 0) is 28.4 Å². The first-order valence-electron chi connectivity index (χ1n) is 6.87. The number of nitrogens with zero attached hydrogens (tertiary/aromatic N) is 1. The third kappa shape index (κ3) is 3.82. The minimum absolute atomic E-state index is 0.0185. The number of aromatic nitrogens is 1. The van der Waals surface area contributed by atoms with Crippen molar-refractivity contribution in [2.45, 2.75) is 22.8 Å². The number of sulfone groups is 1. The van der Waals surface area contributed by atoms with Crippen LogP contribution in [0.4, 0.5) is 0 Å². The molecule has 0 N–H and O–H groups in total. The SMILES string of the molecule is O=S(=O)(Cc1csc(CCc2ccccc2)n1)c1cccs1. The number of hydrogen-bond donors (Lipinski definition) is 0. The highest BCUT2D eigenvalue weighted by molar-refractivity contribution is 7.92. The largest absolute Gasteiger partial charge is 0.245 e. The highest BCUT2D eigenvalue weighted by Gasteiger charge is 2.18. The summed E-state index contributed by atoms with van der Waals surface area (Å²) in [5.41, 5.74) is 1.91. The molecule has 114 valence electrons. The predicted molar refractivity (Wildman–Crippen MR) is 91.2 cm³/mol. The first kappa shape index (κ1) is 15.4. The Morgan fingerprint density at radius 3 is 2.50 bits per heavy atom. The molecule has 0 bridgehead atoms. The highest BCUT2D eigenvalue weighted by Crippen LogP contribution is 2.22. The third-order valence-corrected chi connectivity index (χ3v) is 7.30. The Bertz CT molecular complexity index is 821. The molecule has 0 radical (unpaired) electrons. The minimum atomic E-state index is -3.26. The van der Waals surface area contributed by atoms with Gasteiger partial charge in [-0.3, -0.25) is 0 Å². The van der Waals surface area contributed by atoms with Gasteiger partial charge in [-0.2, -0.15) is 0 Å². The Morgan fingerprint density at radius 1 is 0.955 bits per heavy atom. The molecular weight excluding hydrogens is 334 g/mol.